The van der Waals surface area contributed by atoms with Crippen LogP contribution >= 0.6 is 0 Å². The molecule has 25 heavy (non-hydrogen) atoms. The van der Waals surface area contributed by atoms with Crippen LogP contribution in [0.4, 0.5) is 5.69 Å². The van der Waals surface area contributed by atoms with Gasteiger partial charge in [0.05, 0.1) is 36.8 Å². The lowest BCUT2D eigenvalue weighted by molar-refractivity contribution is -0.384. The number of aromatic nitrogens is 3. The van der Waals surface area contributed by atoms with E-state index in [1.807, 2.05) is 0 Å². The van der Waals surface area contributed by atoms with E-state index in [9.17, 15) is 14.9 Å². The van der Waals surface area contributed by atoms with Crippen LogP contribution in [0.2, 0.25) is 0 Å². The van der Waals surface area contributed by atoms with E-state index in [-0.39, 0.29) is 12.2 Å². The highest BCUT2D eigenvalue weighted by Gasteiger charge is 2.15. The lowest BCUT2D eigenvalue weighted by Crippen LogP contribution is -2.06. The Labute approximate surface area is 141 Å². The molecular weight excluding hydrogens is 328 g/mol. The highest BCUT2D eigenvalue weighted by Crippen LogP contribution is 2.24. The molecular formula is C16H14N4O5. The van der Waals surface area contributed by atoms with Crippen molar-refractivity contribution in [2.75, 3.05) is 14.2 Å². The van der Waals surface area contributed by atoms with Crippen LogP contribution in [0.15, 0.2) is 36.4 Å². The summed E-state index contributed by atoms with van der Waals surface area (Å²) >= 11 is 0. The minimum Gasteiger partial charge on any atom is -0.496 e. The highest BCUT2D eigenvalue weighted by molar-refractivity contribution is 5.90. The molecule has 0 aliphatic rings. The first-order valence-corrected chi connectivity index (χ1v) is 7.26. The van der Waals surface area contributed by atoms with E-state index in [4.69, 9.17) is 4.74 Å². The van der Waals surface area contributed by atoms with Crippen molar-refractivity contribution in [3.8, 4) is 5.75 Å². The van der Waals surface area contributed by atoms with Gasteiger partial charge in [-0.3, -0.25) is 10.1 Å². The Kier molecular flexibility index (Phi) is 4.29. The lowest BCUT2D eigenvalue weighted by Gasteiger charge is -2.10. The summed E-state index contributed by atoms with van der Waals surface area (Å²) in [5.41, 5.74) is 2.16. The number of benzene rings is 2. The molecule has 9 nitrogen and oxygen atoms in total. The molecule has 0 atom stereocenters. The van der Waals surface area contributed by atoms with Crippen molar-refractivity contribution >= 4 is 22.7 Å². The van der Waals surface area contributed by atoms with E-state index in [1.54, 1.807) is 24.3 Å². The summed E-state index contributed by atoms with van der Waals surface area (Å²) in [6.07, 6.45) is 0. The summed E-state index contributed by atoms with van der Waals surface area (Å²) in [5, 5.41) is 19.0. The zero-order valence-electron chi connectivity index (χ0n) is 13.5. The molecule has 3 rings (SSSR count). The van der Waals surface area contributed by atoms with Gasteiger partial charge in [0.2, 0.25) is 0 Å². The van der Waals surface area contributed by atoms with E-state index < -0.39 is 10.9 Å². The lowest BCUT2D eigenvalue weighted by atomic mass is 10.1. The molecule has 1 aromatic heterocycles. The largest absolute Gasteiger partial charge is 0.496 e. The molecule has 0 aliphatic heterocycles. The summed E-state index contributed by atoms with van der Waals surface area (Å²) in [4.78, 5) is 22.1. The number of fused-ring (bicyclic) bond motifs is 1. The number of rotatable bonds is 5. The number of nitrogens with zero attached hydrogens (tertiary/aromatic N) is 4. The predicted molar refractivity (Wildman–Crippen MR) is 87.6 cm³/mol. The molecule has 3 aromatic rings. The van der Waals surface area contributed by atoms with Gasteiger partial charge in [0.25, 0.3) is 5.69 Å². The molecule has 0 unspecified atom stereocenters. The van der Waals surface area contributed by atoms with Gasteiger partial charge in [0.1, 0.15) is 11.3 Å². The van der Waals surface area contributed by atoms with Gasteiger partial charge in [0.15, 0.2) is 0 Å². The number of hydrogen-bond acceptors (Lipinski definition) is 7. The fraction of sp³-hybridized carbons (Fsp3) is 0.188. The first-order valence-electron chi connectivity index (χ1n) is 7.26. The van der Waals surface area contributed by atoms with Crippen molar-refractivity contribution in [2.45, 2.75) is 6.54 Å². The van der Waals surface area contributed by atoms with Crippen LogP contribution in [0.3, 0.4) is 0 Å². The topological polar surface area (TPSA) is 109 Å². The quantitative estimate of drug-likeness (QED) is 0.397. The molecule has 0 aliphatic carbocycles. The number of carbonyl (C=O) groups is 1. The molecule has 0 N–H and O–H groups in total. The highest BCUT2D eigenvalue weighted by atomic mass is 16.6. The first kappa shape index (κ1) is 16.4. The third kappa shape index (κ3) is 3.11. The van der Waals surface area contributed by atoms with E-state index in [0.717, 1.165) is 5.56 Å². The average Bonchev–Trinajstić information content (AvgIpc) is 3.03. The normalized spacial score (nSPS) is 10.6. The summed E-state index contributed by atoms with van der Waals surface area (Å²) < 4.78 is 11.6. The number of carbonyl (C=O) groups excluding carboxylic acids is 1. The maximum Gasteiger partial charge on any atom is 0.337 e. The van der Waals surface area contributed by atoms with Crippen molar-refractivity contribution in [1.29, 1.82) is 0 Å². The van der Waals surface area contributed by atoms with Crippen molar-refractivity contribution in [1.82, 2.24) is 15.0 Å². The van der Waals surface area contributed by atoms with Crippen molar-refractivity contribution < 1.29 is 19.2 Å². The third-order valence-electron chi connectivity index (χ3n) is 3.74. The molecule has 0 spiro atoms. The summed E-state index contributed by atoms with van der Waals surface area (Å²) in [6.45, 7) is 0.280. The van der Waals surface area contributed by atoms with Gasteiger partial charge < -0.3 is 9.47 Å². The zero-order chi connectivity index (χ0) is 18.0. The average molecular weight is 342 g/mol. The van der Waals surface area contributed by atoms with E-state index >= 15 is 0 Å². The van der Waals surface area contributed by atoms with Gasteiger partial charge in [-0.1, -0.05) is 11.3 Å². The fourth-order valence-electron chi connectivity index (χ4n) is 2.47. The van der Waals surface area contributed by atoms with Crippen LogP contribution < -0.4 is 4.74 Å². The van der Waals surface area contributed by atoms with Crippen LogP contribution in [-0.4, -0.2) is 40.1 Å². The standard InChI is InChI=1S/C16H14N4O5/c1-24-15-7-10(16(21)25-2)3-4-11(15)9-19-14-8-12(20(22)23)5-6-13(14)17-18-19/h3-8H,9H2,1-2H3. The second kappa shape index (κ2) is 6.56. The number of hydrogen-bond donors (Lipinski definition) is 0. The first-order chi connectivity index (χ1) is 12.0. The second-order valence-electron chi connectivity index (χ2n) is 5.20. The maximum atomic E-state index is 11.6. The summed E-state index contributed by atoms with van der Waals surface area (Å²) in [5.74, 6) is 0.0173. The molecule has 0 saturated carbocycles. The molecule has 0 saturated heterocycles. The zero-order valence-corrected chi connectivity index (χ0v) is 13.5. The Morgan fingerprint density at radius 1 is 1.24 bits per heavy atom. The Hall–Kier alpha value is -3.49. The number of non-ortho nitro benzene ring substituents is 1. The molecule has 0 bridgehead atoms. The second-order valence-corrected chi connectivity index (χ2v) is 5.20. The summed E-state index contributed by atoms with van der Waals surface area (Å²) in [6, 6.07) is 9.26. The Balaban J connectivity index is 1.99. The SMILES string of the molecule is COC(=O)c1ccc(Cn2nnc3ccc([N+](=O)[O-])cc32)c(OC)c1. The van der Waals surface area contributed by atoms with Crippen LogP contribution in [0.25, 0.3) is 11.0 Å². The Morgan fingerprint density at radius 3 is 2.72 bits per heavy atom. The van der Waals surface area contributed by atoms with E-state index in [2.05, 4.69) is 15.0 Å². The van der Waals surface area contributed by atoms with Gasteiger partial charge >= 0.3 is 5.97 Å². The summed E-state index contributed by atoms with van der Waals surface area (Å²) in [7, 11) is 2.79. The number of nitro groups is 1. The number of nitro benzene ring substituents is 1. The molecule has 0 fully saturated rings. The Bertz CT molecular complexity index is 966. The minimum atomic E-state index is -0.470. The third-order valence-corrected chi connectivity index (χ3v) is 3.74. The minimum absolute atomic E-state index is 0.0379. The predicted octanol–water partition coefficient (Wildman–Crippen LogP) is 2.18. The molecule has 2 aromatic carbocycles. The fourth-order valence-corrected chi connectivity index (χ4v) is 2.47. The number of methoxy groups -OCH3 is 2. The smallest absolute Gasteiger partial charge is 0.337 e. The van der Waals surface area contributed by atoms with Gasteiger partial charge in [0, 0.05) is 17.7 Å². The van der Waals surface area contributed by atoms with Crippen LogP contribution in [0, 0.1) is 10.1 Å². The van der Waals surface area contributed by atoms with Crippen LogP contribution in [0.5, 0.6) is 5.75 Å². The van der Waals surface area contributed by atoms with Crippen molar-refractivity contribution in [3.63, 3.8) is 0 Å². The maximum absolute atomic E-state index is 11.6. The monoisotopic (exact) mass is 342 g/mol. The molecule has 1 heterocycles. The van der Waals surface area contributed by atoms with E-state index in [0.29, 0.717) is 22.3 Å². The number of ether oxygens (including phenoxy) is 2. The van der Waals surface area contributed by atoms with E-state index in [1.165, 1.54) is 31.0 Å². The molecule has 0 radical (unpaired) electrons. The molecule has 0 amide bonds. The van der Waals surface area contributed by atoms with Crippen LogP contribution in [0.1, 0.15) is 15.9 Å². The van der Waals surface area contributed by atoms with Gasteiger partial charge in [-0.2, -0.15) is 0 Å². The Morgan fingerprint density at radius 2 is 2.04 bits per heavy atom. The molecule has 9 heteroatoms. The van der Waals surface area contributed by atoms with Gasteiger partial charge in [-0.05, 0) is 18.2 Å². The number of esters is 1. The van der Waals surface area contributed by atoms with Crippen LogP contribution in [-0.2, 0) is 11.3 Å². The van der Waals surface area contributed by atoms with Crippen molar-refractivity contribution in [3.05, 3.63) is 57.6 Å². The van der Waals surface area contributed by atoms with Gasteiger partial charge in [-0.25, -0.2) is 9.48 Å². The van der Waals surface area contributed by atoms with Gasteiger partial charge in [-0.15, -0.1) is 5.10 Å². The van der Waals surface area contributed by atoms with Crippen molar-refractivity contribution in [2.24, 2.45) is 0 Å². The molecule has 128 valence electrons.